The van der Waals surface area contributed by atoms with Gasteiger partial charge in [0.15, 0.2) is 0 Å². The van der Waals surface area contributed by atoms with E-state index >= 15 is 0 Å². The van der Waals surface area contributed by atoms with E-state index < -0.39 is 0 Å². The van der Waals surface area contributed by atoms with Crippen LogP contribution in [-0.2, 0) is 6.42 Å². The predicted octanol–water partition coefficient (Wildman–Crippen LogP) is 3.40. The monoisotopic (exact) mass is 236 g/mol. The number of fused-ring (bicyclic) bond motifs is 1. The highest BCUT2D eigenvalue weighted by Gasteiger charge is 2.22. The van der Waals surface area contributed by atoms with Gasteiger partial charge in [0, 0.05) is 5.92 Å². The second kappa shape index (κ2) is 4.79. The highest BCUT2D eigenvalue weighted by atomic mass is 16.3. The SMILES string of the molecule is OC[C@@H](C1=CCc2ccccc21)c1ccccc1. The Bertz CT molecular complexity index is 569. The second-order valence-electron chi connectivity index (χ2n) is 4.67. The summed E-state index contributed by atoms with van der Waals surface area (Å²) >= 11 is 0. The summed E-state index contributed by atoms with van der Waals surface area (Å²) in [4.78, 5) is 0. The van der Waals surface area contributed by atoms with Crippen LogP contribution in [0.2, 0.25) is 0 Å². The Morgan fingerprint density at radius 2 is 1.67 bits per heavy atom. The van der Waals surface area contributed by atoms with E-state index in [9.17, 15) is 5.11 Å². The summed E-state index contributed by atoms with van der Waals surface area (Å²) in [6.07, 6.45) is 3.23. The molecule has 0 heterocycles. The van der Waals surface area contributed by atoms with Crippen molar-refractivity contribution in [2.45, 2.75) is 12.3 Å². The van der Waals surface area contributed by atoms with Crippen molar-refractivity contribution < 1.29 is 5.11 Å². The average Bonchev–Trinajstić information content (AvgIpc) is 2.85. The number of aliphatic hydroxyl groups excluding tert-OH is 1. The van der Waals surface area contributed by atoms with Gasteiger partial charge in [-0.3, -0.25) is 0 Å². The number of hydrogen-bond acceptors (Lipinski definition) is 1. The molecule has 0 saturated heterocycles. The molecule has 1 heteroatoms. The molecule has 90 valence electrons. The molecule has 0 aliphatic heterocycles. The number of aliphatic hydroxyl groups is 1. The molecule has 2 aromatic rings. The molecule has 0 amide bonds. The van der Waals surface area contributed by atoms with Crippen LogP contribution in [0.1, 0.15) is 22.6 Å². The lowest BCUT2D eigenvalue weighted by molar-refractivity contribution is 0.286. The van der Waals surface area contributed by atoms with Crippen LogP contribution in [0.15, 0.2) is 60.7 Å². The third kappa shape index (κ3) is 1.87. The molecule has 1 aliphatic rings. The quantitative estimate of drug-likeness (QED) is 0.866. The minimum absolute atomic E-state index is 0.0925. The molecule has 1 aliphatic carbocycles. The average molecular weight is 236 g/mol. The van der Waals surface area contributed by atoms with Gasteiger partial charge < -0.3 is 5.11 Å². The van der Waals surface area contributed by atoms with Crippen LogP contribution in [0.25, 0.3) is 5.57 Å². The van der Waals surface area contributed by atoms with Crippen LogP contribution in [0, 0.1) is 0 Å². The first kappa shape index (κ1) is 11.2. The van der Waals surface area contributed by atoms with Crippen LogP contribution in [-0.4, -0.2) is 11.7 Å². The lowest BCUT2D eigenvalue weighted by Gasteiger charge is -2.17. The first-order valence-electron chi connectivity index (χ1n) is 6.34. The minimum atomic E-state index is 0.0925. The van der Waals surface area contributed by atoms with E-state index in [1.165, 1.54) is 22.3 Å². The molecular formula is C17H16O. The fourth-order valence-electron chi connectivity index (χ4n) is 2.71. The Hall–Kier alpha value is -1.86. The molecule has 18 heavy (non-hydrogen) atoms. The van der Waals surface area contributed by atoms with Crippen LogP contribution in [0.4, 0.5) is 0 Å². The summed E-state index contributed by atoms with van der Waals surface area (Å²) in [5.41, 5.74) is 5.10. The highest BCUT2D eigenvalue weighted by Crippen LogP contribution is 2.37. The van der Waals surface area contributed by atoms with Crippen LogP contribution < -0.4 is 0 Å². The van der Waals surface area contributed by atoms with Crippen molar-refractivity contribution in [3.8, 4) is 0 Å². The fraction of sp³-hybridized carbons (Fsp3) is 0.176. The Kier molecular flexibility index (Phi) is 2.99. The van der Waals surface area contributed by atoms with Gasteiger partial charge in [-0.25, -0.2) is 0 Å². The van der Waals surface area contributed by atoms with Gasteiger partial charge in [0.2, 0.25) is 0 Å². The number of allylic oxidation sites excluding steroid dienone is 1. The highest BCUT2D eigenvalue weighted by molar-refractivity contribution is 5.77. The predicted molar refractivity (Wildman–Crippen MR) is 74.4 cm³/mol. The van der Waals surface area contributed by atoms with Gasteiger partial charge in [-0.2, -0.15) is 0 Å². The van der Waals surface area contributed by atoms with Crippen molar-refractivity contribution in [2.24, 2.45) is 0 Å². The van der Waals surface area contributed by atoms with Crippen molar-refractivity contribution in [3.05, 3.63) is 77.4 Å². The second-order valence-corrected chi connectivity index (χ2v) is 4.67. The Morgan fingerprint density at radius 3 is 2.44 bits per heavy atom. The zero-order valence-electron chi connectivity index (χ0n) is 10.2. The van der Waals surface area contributed by atoms with Crippen molar-refractivity contribution in [1.29, 1.82) is 0 Å². The lowest BCUT2D eigenvalue weighted by atomic mass is 9.88. The first-order chi connectivity index (χ1) is 8.90. The molecule has 0 unspecified atom stereocenters. The summed E-state index contributed by atoms with van der Waals surface area (Å²) < 4.78 is 0. The Labute approximate surface area is 107 Å². The first-order valence-corrected chi connectivity index (χ1v) is 6.34. The third-order valence-electron chi connectivity index (χ3n) is 3.63. The fourth-order valence-corrected chi connectivity index (χ4v) is 2.71. The smallest absolute Gasteiger partial charge is 0.0540 e. The minimum Gasteiger partial charge on any atom is -0.395 e. The van der Waals surface area contributed by atoms with Gasteiger partial charge >= 0.3 is 0 Å². The van der Waals surface area contributed by atoms with E-state index in [1.807, 2.05) is 18.2 Å². The Balaban J connectivity index is 2.00. The normalized spacial score (nSPS) is 15.1. The van der Waals surface area contributed by atoms with Gasteiger partial charge in [0.25, 0.3) is 0 Å². The van der Waals surface area contributed by atoms with E-state index in [0.717, 1.165) is 6.42 Å². The van der Waals surface area contributed by atoms with E-state index in [-0.39, 0.29) is 12.5 Å². The van der Waals surface area contributed by atoms with Crippen molar-refractivity contribution in [1.82, 2.24) is 0 Å². The number of rotatable bonds is 3. The molecule has 1 atom stereocenters. The summed E-state index contributed by atoms with van der Waals surface area (Å²) in [5.74, 6) is 0.0925. The zero-order chi connectivity index (χ0) is 12.4. The summed E-state index contributed by atoms with van der Waals surface area (Å²) in [7, 11) is 0. The standard InChI is InChI=1S/C17H16O/c18-12-17(13-6-2-1-3-7-13)16-11-10-14-8-4-5-9-15(14)16/h1-9,11,17-18H,10,12H2/t17-/m1/s1. The van der Waals surface area contributed by atoms with Crippen LogP contribution in [0.5, 0.6) is 0 Å². The maximum absolute atomic E-state index is 9.72. The molecule has 1 nitrogen and oxygen atoms in total. The van der Waals surface area contributed by atoms with Gasteiger partial charge in [-0.05, 0) is 28.7 Å². The van der Waals surface area contributed by atoms with Crippen LogP contribution in [0.3, 0.4) is 0 Å². The number of hydrogen-bond donors (Lipinski definition) is 1. The van der Waals surface area contributed by atoms with Crippen molar-refractivity contribution >= 4 is 5.57 Å². The molecule has 0 aromatic heterocycles. The zero-order valence-corrected chi connectivity index (χ0v) is 10.2. The van der Waals surface area contributed by atoms with Gasteiger partial charge in [-0.15, -0.1) is 0 Å². The lowest BCUT2D eigenvalue weighted by Crippen LogP contribution is -2.06. The Morgan fingerprint density at radius 1 is 0.944 bits per heavy atom. The molecule has 0 spiro atoms. The van der Waals surface area contributed by atoms with Gasteiger partial charge in [0.1, 0.15) is 0 Å². The van der Waals surface area contributed by atoms with E-state index in [1.54, 1.807) is 0 Å². The maximum Gasteiger partial charge on any atom is 0.0540 e. The van der Waals surface area contributed by atoms with Crippen LogP contribution >= 0.6 is 0 Å². The van der Waals surface area contributed by atoms with E-state index in [2.05, 4.69) is 42.5 Å². The largest absolute Gasteiger partial charge is 0.395 e. The maximum atomic E-state index is 9.72. The van der Waals surface area contributed by atoms with E-state index in [0.29, 0.717) is 0 Å². The van der Waals surface area contributed by atoms with Gasteiger partial charge in [0.05, 0.1) is 6.61 Å². The third-order valence-corrected chi connectivity index (χ3v) is 3.63. The summed E-state index contributed by atoms with van der Waals surface area (Å²) in [5, 5.41) is 9.72. The number of benzene rings is 2. The summed E-state index contributed by atoms with van der Waals surface area (Å²) in [6.45, 7) is 0.157. The molecule has 3 rings (SSSR count). The molecule has 2 aromatic carbocycles. The molecule has 1 N–H and O–H groups in total. The topological polar surface area (TPSA) is 20.2 Å². The summed E-state index contributed by atoms with van der Waals surface area (Å²) in [6, 6.07) is 18.7. The van der Waals surface area contributed by atoms with Gasteiger partial charge in [-0.1, -0.05) is 60.7 Å². The van der Waals surface area contributed by atoms with Crippen molar-refractivity contribution in [2.75, 3.05) is 6.61 Å². The molecule has 0 fully saturated rings. The molecule has 0 bridgehead atoms. The molecule has 0 saturated carbocycles. The molecule has 0 radical (unpaired) electrons. The van der Waals surface area contributed by atoms with E-state index in [4.69, 9.17) is 0 Å². The van der Waals surface area contributed by atoms with Crippen molar-refractivity contribution in [3.63, 3.8) is 0 Å². The molecular weight excluding hydrogens is 220 g/mol.